The third kappa shape index (κ3) is 6.06. The monoisotopic (exact) mass is 520 g/mol. The average Bonchev–Trinajstić information content (AvgIpc) is 2.81. The zero-order valence-electron chi connectivity index (χ0n) is 17.7. The van der Waals surface area contributed by atoms with Gasteiger partial charge < -0.3 is 15.4 Å². The molecule has 0 spiro atoms. The van der Waals surface area contributed by atoms with Crippen LogP contribution in [0.5, 0.6) is 5.88 Å². The van der Waals surface area contributed by atoms with Gasteiger partial charge >= 0.3 is 6.09 Å². The molecular weight excluding hydrogens is 500 g/mol. The number of pyridine rings is 1. The average molecular weight is 521 g/mol. The summed E-state index contributed by atoms with van der Waals surface area (Å²) < 4.78 is 6.44. The maximum Gasteiger partial charge on any atom is 0.418 e. The van der Waals surface area contributed by atoms with Crippen molar-refractivity contribution in [3.05, 3.63) is 95.1 Å². The molecule has 4 aromatic rings. The van der Waals surface area contributed by atoms with Crippen LogP contribution in [0, 0.1) is 0 Å². The lowest BCUT2D eigenvalue weighted by Gasteiger charge is -2.17. The minimum absolute atomic E-state index is 0.0523. The van der Waals surface area contributed by atoms with Gasteiger partial charge in [0.15, 0.2) is 5.11 Å². The van der Waals surface area contributed by atoms with Gasteiger partial charge in [0.25, 0.3) is 0 Å². The first-order chi connectivity index (χ1) is 16.0. The summed E-state index contributed by atoms with van der Waals surface area (Å²) in [5, 5.41) is 11.4. The number of thiocarbonyl (C=S) groups is 1. The van der Waals surface area contributed by atoms with E-state index in [4.69, 9.17) is 17.0 Å². The molecule has 33 heavy (non-hydrogen) atoms. The molecule has 0 aliphatic heterocycles. The van der Waals surface area contributed by atoms with Gasteiger partial charge in [-0.15, -0.1) is 0 Å². The fraction of sp³-hybridized carbons (Fsp3) is 0.0800. The summed E-state index contributed by atoms with van der Waals surface area (Å²) in [5.41, 5.74) is 2.51. The van der Waals surface area contributed by atoms with E-state index in [0.29, 0.717) is 10.8 Å². The summed E-state index contributed by atoms with van der Waals surface area (Å²) in [6.07, 6.45) is 1.00. The highest BCUT2D eigenvalue weighted by Gasteiger charge is 2.10. The lowest BCUT2D eigenvalue weighted by molar-refractivity contribution is 0.214. The molecule has 1 aromatic heterocycles. The topological polar surface area (TPSA) is 75.3 Å². The number of aromatic nitrogens is 1. The zero-order chi connectivity index (χ0) is 23.2. The van der Waals surface area contributed by atoms with Crippen LogP contribution in [0.3, 0.4) is 0 Å². The number of nitrogens with one attached hydrogen (secondary N) is 3. The molecule has 6 nitrogen and oxygen atoms in total. The van der Waals surface area contributed by atoms with Crippen molar-refractivity contribution in [2.24, 2.45) is 0 Å². The maximum absolute atomic E-state index is 12.3. The minimum Gasteiger partial charge on any atom is -0.390 e. The molecule has 1 atom stereocenters. The van der Waals surface area contributed by atoms with Gasteiger partial charge in [-0.05, 0) is 78.6 Å². The Bertz CT molecular complexity index is 1270. The Morgan fingerprint density at radius 1 is 0.939 bits per heavy atom. The quantitative estimate of drug-likeness (QED) is 0.255. The van der Waals surface area contributed by atoms with E-state index in [1.165, 1.54) is 0 Å². The molecule has 4 rings (SSSR count). The summed E-state index contributed by atoms with van der Waals surface area (Å²) >= 11 is 8.86. The van der Waals surface area contributed by atoms with Gasteiger partial charge in [-0.25, -0.2) is 9.78 Å². The van der Waals surface area contributed by atoms with Gasteiger partial charge in [0.05, 0.1) is 6.04 Å². The first-order valence-electron chi connectivity index (χ1n) is 10.2. The highest BCUT2D eigenvalue weighted by Crippen LogP contribution is 2.23. The first-order valence-corrected chi connectivity index (χ1v) is 11.4. The van der Waals surface area contributed by atoms with Crippen molar-refractivity contribution in [3.8, 4) is 5.88 Å². The number of hydrogen-bond donors (Lipinski definition) is 3. The normalized spacial score (nSPS) is 11.5. The van der Waals surface area contributed by atoms with E-state index >= 15 is 0 Å². The van der Waals surface area contributed by atoms with E-state index in [1.54, 1.807) is 18.3 Å². The van der Waals surface area contributed by atoms with E-state index in [2.05, 4.69) is 36.9 Å². The van der Waals surface area contributed by atoms with Gasteiger partial charge in [0.1, 0.15) is 0 Å². The number of anilines is 2. The number of rotatable bonds is 5. The molecule has 3 aromatic carbocycles. The van der Waals surface area contributed by atoms with Crippen LogP contribution < -0.4 is 20.7 Å². The van der Waals surface area contributed by atoms with Crippen molar-refractivity contribution >= 4 is 61.5 Å². The van der Waals surface area contributed by atoms with E-state index in [-0.39, 0.29) is 11.9 Å². The SMILES string of the molecule is C[C@H](NC(=S)Nc1ccc(NC(=O)Oc2nccc3ccccc23)cc1)c1ccc(Br)cc1. The summed E-state index contributed by atoms with van der Waals surface area (Å²) in [4.78, 5) is 16.5. The zero-order valence-corrected chi connectivity index (χ0v) is 20.1. The molecule has 1 amide bonds. The van der Waals surface area contributed by atoms with Crippen LogP contribution in [0.25, 0.3) is 10.8 Å². The minimum atomic E-state index is -0.611. The Labute approximate surface area is 205 Å². The van der Waals surface area contributed by atoms with E-state index in [1.807, 2.05) is 73.7 Å². The Kier molecular flexibility index (Phi) is 7.16. The van der Waals surface area contributed by atoms with Crippen LogP contribution in [-0.2, 0) is 0 Å². The number of carbonyl (C=O) groups excluding carboxylic acids is 1. The number of hydrogen-bond acceptors (Lipinski definition) is 4. The molecule has 0 radical (unpaired) electrons. The Morgan fingerprint density at radius 3 is 2.33 bits per heavy atom. The first kappa shape index (κ1) is 22.7. The van der Waals surface area contributed by atoms with Crippen LogP contribution in [0.2, 0.25) is 0 Å². The van der Waals surface area contributed by atoms with Crippen LogP contribution in [0.4, 0.5) is 16.2 Å². The number of fused-ring (bicyclic) bond motifs is 1. The lowest BCUT2D eigenvalue weighted by atomic mass is 10.1. The predicted octanol–water partition coefficient (Wildman–Crippen LogP) is 6.66. The van der Waals surface area contributed by atoms with Crippen LogP contribution in [-0.4, -0.2) is 16.2 Å². The summed E-state index contributed by atoms with van der Waals surface area (Å²) in [6.45, 7) is 2.04. The van der Waals surface area contributed by atoms with Crippen molar-refractivity contribution < 1.29 is 9.53 Å². The van der Waals surface area contributed by atoms with Gasteiger partial charge in [-0.3, -0.25) is 5.32 Å². The van der Waals surface area contributed by atoms with Crippen molar-refractivity contribution in [1.29, 1.82) is 0 Å². The number of carbonyl (C=O) groups is 1. The third-order valence-electron chi connectivity index (χ3n) is 4.93. The molecule has 0 unspecified atom stereocenters. The molecular formula is C25H21BrN4O2S. The van der Waals surface area contributed by atoms with Crippen molar-refractivity contribution in [2.45, 2.75) is 13.0 Å². The maximum atomic E-state index is 12.3. The Balaban J connectivity index is 1.31. The molecule has 0 saturated carbocycles. The highest BCUT2D eigenvalue weighted by molar-refractivity contribution is 9.10. The Hall–Kier alpha value is -3.49. The van der Waals surface area contributed by atoms with E-state index in [0.717, 1.165) is 26.5 Å². The summed E-state index contributed by atoms with van der Waals surface area (Å²) in [5.74, 6) is 0.264. The largest absolute Gasteiger partial charge is 0.418 e. The van der Waals surface area contributed by atoms with Crippen LogP contribution in [0.15, 0.2) is 89.5 Å². The second kappa shape index (κ2) is 10.4. The van der Waals surface area contributed by atoms with Crippen molar-refractivity contribution in [2.75, 3.05) is 10.6 Å². The molecule has 0 bridgehead atoms. The van der Waals surface area contributed by atoms with Crippen molar-refractivity contribution in [1.82, 2.24) is 10.3 Å². The second-order valence-electron chi connectivity index (χ2n) is 7.30. The van der Waals surface area contributed by atoms with Gasteiger partial charge in [-0.2, -0.15) is 0 Å². The molecule has 1 heterocycles. The van der Waals surface area contributed by atoms with Crippen molar-refractivity contribution in [3.63, 3.8) is 0 Å². The number of benzene rings is 3. The van der Waals surface area contributed by atoms with Gasteiger partial charge in [-0.1, -0.05) is 46.3 Å². The predicted molar refractivity (Wildman–Crippen MR) is 140 cm³/mol. The number of nitrogens with zero attached hydrogens (tertiary/aromatic N) is 1. The third-order valence-corrected chi connectivity index (χ3v) is 5.68. The number of amides is 1. The smallest absolute Gasteiger partial charge is 0.390 e. The van der Waals surface area contributed by atoms with Gasteiger partial charge in [0.2, 0.25) is 5.88 Å². The van der Waals surface area contributed by atoms with Gasteiger partial charge in [0, 0.05) is 27.4 Å². The number of ether oxygens (including phenoxy) is 1. The molecule has 0 saturated heterocycles. The Morgan fingerprint density at radius 2 is 1.61 bits per heavy atom. The highest BCUT2D eigenvalue weighted by atomic mass is 79.9. The molecule has 8 heteroatoms. The second-order valence-corrected chi connectivity index (χ2v) is 8.62. The molecule has 0 aliphatic rings. The van der Waals surface area contributed by atoms with Crippen LogP contribution in [0.1, 0.15) is 18.5 Å². The van der Waals surface area contributed by atoms with E-state index < -0.39 is 6.09 Å². The molecule has 0 fully saturated rings. The molecule has 166 valence electrons. The van der Waals surface area contributed by atoms with Crippen LogP contribution >= 0.6 is 28.1 Å². The fourth-order valence-corrected chi connectivity index (χ4v) is 3.80. The molecule has 0 aliphatic carbocycles. The molecule has 3 N–H and O–H groups in total. The fourth-order valence-electron chi connectivity index (χ4n) is 3.24. The lowest BCUT2D eigenvalue weighted by Crippen LogP contribution is -2.30. The summed E-state index contributed by atoms with van der Waals surface area (Å²) in [7, 11) is 0. The number of halogens is 1. The standard InChI is InChI=1S/C25H21BrN4O2S/c1-16(17-6-8-19(26)9-7-17)28-24(33)29-20-10-12-21(13-11-20)30-25(31)32-23-22-5-3-2-4-18(22)14-15-27-23/h2-16H,1H3,(H,30,31)(H2,28,29,33)/t16-/m0/s1. The van der Waals surface area contributed by atoms with E-state index in [9.17, 15) is 4.79 Å². The summed E-state index contributed by atoms with van der Waals surface area (Å²) in [6, 6.07) is 24.8.